The molecule has 5 heteroatoms. The van der Waals surface area contributed by atoms with Gasteiger partial charge in [0.1, 0.15) is 0 Å². The SMILES string of the molecule is CCCCC(CCOCCC(CCCC)C(CC)c1cnc[nH]1)C(CC)c1cnc[nH]1. The Morgan fingerprint density at radius 2 is 1.16 bits per heavy atom. The third kappa shape index (κ3) is 8.44. The number of ether oxygens (including phenoxy) is 1. The first-order valence-corrected chi connectivity index (χ1v) is 12.8. The Morgan fingerprint density at radius 1 is 0.710 bits per heavy atom. The fourth-order valence-corrected chi connectivity index (χ4v) is 5.15. The minimum absolute atomic E-state index is 0.555. The Morgan fingerprint density at radius 3 is 1.48 bits per heavy atom. The molecule has 2 heterocycles. The zero-order chi connectivity index (χ0) is 22.3. The van der Waals surface area contributed by atoms with Crippen molar-refractivity contribution >= 4 is 0 Å². The standard InChI is InChI=1S/C26H46N4O/c1-5-9-11-21(23(7-3)25-17-27-19-29-25)13-15-31-16-14-22(12-10-6-2)24(8-4)26-18-28-20-30-26/h17-24H,5-16H2,1-4H3,(H,27,29)(H,28,30). The molecule has 176 valence electrons. The summed E-state index contributed by atoms with van der Waals surface area (Å²) >= 11 is 0. The summed E-state index contributed by atoms with van der Waals surface area (Å²) in [6.07, 6.45) is 19.8. The summed E-state index contributed by atoms with van der Waals surface area (Å²) in [6.45, 7) is 10.9. The van der Waals surface area contributed by atoms with Crippen LogP contribution < -0.4 is 0 Å². The Hall–Kier alpha value is -1.62. The van der Waals surface area contributed by atoms with Crippen LogP contribution in [0.2, 0.25) is 0 Å². The van der Waals surface area contributed by atoms with Crippen molar-refractivity contribution in [3.8, 4) is 0 Å². The highest BCUT2D eigenvalue weighted by Crippen LogP contribution is 2.34. The van der Waals surface area contributed by atoms with Crippen LogP contribution in [0.4, 0.5) is 0 Å². The minimum Gasteiger partial charge on any atom is -0.381 e. The van der Waals surface area contributed by atoms with Gasteiger partial charge in [-0.1, -0.05) is 53.4 Å². The maximum atomic E-state index is 6.23. The predicted octanol–water partition coefficient (Wildman–Crippen LogP) is 7.23. The summed E-state index contributed by atoms with van der Waals surface area (Å²) in [4.78, 5) is 15.2. The van der Waals surface area contributed by atoms with Gasteiger partial charge in [0.15, 0.2) is 0 Å². The Kier molecular flexibility index (Phi) is 12.6. The molecular weight excluding hydrogens is 384 g/mol. The third-order valence-corrected chi connectivity index (χ3v) is 6.98. The van der Waals surface area contributed by atoms with E-state index >= 15 is 0 Å². The van der Waals surface area contributed by atoms with Gasteiger partial charge in [0.2, 0.25) is 0 Å². The number of rotatable bonds is 18. The maximum Gasteiger partial charge on any atom is 0.0921 e. The van der Waals surface area contributed by atoms with Crippen molar-refractivity contribution < 1.29 is 4.74 Å². The van der Waals surface area contributed by atoms with E-state index in [9.17, 15) is 0 Å². The number of hydrogen-bond acceptors (Lipinski definition) is 3. The molecule has 5 nitrogen and oxygen atoms in total. The van der Waals surface area contributed by atoms with Gasteiger partial charge in [0.25, 0.3) is 0 Å². The number of hydrogen-bond donors (Lipinski definition) is 2. The van der Waals surface area contributed by atoms with Crippen LogP contribution in [0.1, 0.15) is 115 Å². The molecule has 0 spiro atoms. The highest BCUT2D eigenvalue weighted by atomic mass is 16.5. The van der Waals surface area contributed by atoms with Gasteiger partial charge in [-0.3, -0.25) is 0 Å². The summed E-state index contributed by atoms with van der Waals surface area (Å²) in [5.74, 6) is 2.43. The lowest BCUT2D eigenvalue weighted by molar-refractivity contribution is 0.0962. The zero-order valence-electron chi connectivity index (χ0n) is 20.4. The van der Waals surface area contributed by atoms with Crippen LogP contribution in [0.5, 0.6) is 0 Å². The molecule has 0 aliphatic carbocycles. The molecule has 31 heavy (non-hydrogen) atoms. The number of nitrogens with one attached hydrogen (secondary N) is 2. The molecular formula is C26H46N4O. The molecule has 0 aromatic carbocycles. The van der Waals surface area contributed by atoms with Gasteiger partial charge in [-0.15, -0.1) is 0 Å². The van der Waals surface area contributed by atoms with E-state index in [0.29, 0.717) is 23.7 Å². The molecule has 0 amide bonds. The normalized spacial score (nSPS) is 15.6. The topological polar surface area (TPSA) is 66.6 Å². The van der Waals surface area contributed by atoms with Crippen molar-refractivity contribution in [2.75, 3.05) is 13.2 Å². The van der Waals surface area contributed by atoms with E-state index in [1.165, 1.54) is 49.9 Å². The fourth-order valence-electron chi connectivity index (χ4n) is 5.15. The molecule has 0 fully saturated rings. The van der Waals surface area contributed by atoms with E-state index in [2.05, 4.69) is 47.6 Å². The average molecular weight is 431 g/mol. The number of aromatic amines is 2. The minimum atomic E-state index is 0.555. The number of nitrogens with zero attached hydrogens (tertiary/aromatic N) is 2. The Balaban J connectivity index is 1.85. The molecule has 2 rings (SSSR count). The van der Waals surface area contributed by atoms with Crippen LogP contribution in [0.3, 0.4) is 0 Å². The summed E-state index contributed by atoms with van der Waals surface area (Å²) in [5.41, 5.74) is 2.57. The van der Waals surface area contributed by atoms with Crippen LogP contribution >= 0.6 is 0 Å². The van der Waals surface area contributed by atoms with Gasteiger partial charge in [-0.25, -0.2) is 9.97 Å². The molecule has 4 atom stereocenters. The van der Waals surface area contributed by atoms with Gasteiger partial charge in [-0.05, 0) is 50.4 Å². The third-order valence-electron chi connectivity index (χ3n) is 6.98. The molecule has 2 N–H and O–H groups in total. The monoisotopic (exact) mass is 430 g/mol. The zero-order valence-corrected chi connectivity index (χ0v) is 20.4. The molecule has 2 aromatic rings. The van der Waals surface area contributed by atoms with Gasteiger partial charge < -0.3 is 14.7 Å². The number of unbranched alkanes of at least 4 members (excludes halogenated alkanes) is 2. The summed E-state index contributed by atoms with van der Waals surface area (Å²) in [5, 5.41) is 0. The lowest BCUT2D eigenvalue weighted by Crippen LogP contribution is -2.18. The number of imidazole rings is 2. The smallest absolute Gasteiger partial charge is 0.0921 e. The van der Waals surface area contributed by atoms with Crippen molar-refractivity contribution in [1.29, 1.82) is 0 Å². The fraction of sp³-hybridized carbons (Fsp3) is 0.769. The first-order chi connectivity index (χ1) is 15.2. The molecule has 0 radical (unpaired) electrons. The van der Waals surface area contributed by atoms with Crippen molar-refractivity contribution in [1.82, 2.24) is 19.9 Å². The summed E-state index contributed by atoms with van der Waals surface area (Å²) < 4.78 is 6.23. The summed E-state index contributed by atoms with van der Waals surface area (Å²) in [7, 11) is 0. The second-order valence-electron chi connectivity index (χ2n) is 9.04. The van der Waals surface area contributed by atoms with Gasteiger partial charge >= 0.3 is 0 Å². The molecule has 0 aliphatic rings. The first-order valence-electron chi connectivity index (χ1n) is 12.8. The van der Waals surface area contributed by atoms with Crippen LogP contribution in [-0.4, -0.2) is 33.1 Å². The molecule has 0 saturated carbocycles. The van der Waals surface area contributed by atoms with Crippen LogP contribution in [0, 0.1) is 11.8 Å². The maximum absolute atomic E-state index is 6.23. The molecule has 4 unspecified atom stereocenters. The lowest BCUT2D eigenvalue weighted by atomic mass is 9.81. The highest BCUT2D eigenvalue weighted by Gasteiger charge is 2.24. The largest absolute Gasteiger partial charge is 0.381 e. The highest BCUT2D eigenvalue weighted by molar-refractivity contribution is 5.06. The van der Waals surface area contributed by atoms with E-state index in [-0.39, 0.29) is 0 Å². The number of H-pyrrole nitrogens is 2. The predicted molar refractivity (Wildman–Crippen MR) is 129 cm³/mol. The van der Waals surface area contributed by atoms with Crippen molar-refractivity contribution in [2.24, 2.45) is 11.8 Å². The van der Waals surface area contributed by atoms with Gasteiger partial charge in [-0.2, -0.15) is 0 Å². The summed E-state index contributed by atoms with van der Waals surface area (Å²) in [6, 6.07) is 0. The molecule has 0 bridgehead atoms. The average Bonchev–Trinajstić information content (AvgIpc) is 3.50. The van der Waals surface area contributed by atoms with E-state index < -0.39 is 0 Å². The molecule has 0 aliphatic heterocycles. The van der Waals surface area contributed by atoms with E-state index in [4.69, 9.17) is 4.74 Å². The first kappa shape index (κ1) is 25.6. The Bertz CT molecular complexity index is 584. The second kappa shape index (κ2) is 15.2. The van der Waals surface area contributed by atoms with Crippen molar-refractivity contribution in [2.45, 2.75) is 104 Å². The van der Waals surface area contributed by atoms with Crippen molar-refractivity contribution in [3.05, 3.63) is 36.4 Å². The Labute approximate surface area is 190 Å². The van der Waals surface area contributed by atoms with Crippen LogP contribution in [-0.2, 0) is 4.74 Å². The van der Waals surface area contributed by atoms with Gasteiger partial charge in [0, 0.05) is 48.8 Å². The van der Waals surface area contributed by atoms with Crippen LogP contribution in [0.15, 0.2) is 25.0 Å². The molecule has 2 aromatic heterocycles. The molecule has 0 saturated heterocycles. The van der Waals surface area contributed by atoms with Crippen LogP contribution in [0.25, 0.3) is 0 Å². The van der Waals surface area contributed by atoms with E-state index in [1.807, 2.05) is 25.0 Å². The quantitative estimate of drug-likeness (QED) is 0.245. The van der Waals surface area contributed by atoms with E-state index in [0.717, 1.165) is 38.9 Å². The van der Waals surface area contributed by atoms with E-state index in [1.54, 1.807) is 0 Å². The van der Waals surface area contributed by atoms with Crippen molar-refractivity contribution in [3.63, 3.8) is 0 Å². The number of aromatic nitrogens is 4. The second-order valence-corrected chi connectivity index (χ2v) is 9.04. The lowest BCUT2D eigenvalue weighted by Gasteiger charge is -2.27. The van der Waals surface area contributed by atoms with Gasteiger partial charge in [0.05, 0.1) is 12.7 Å².